The average molecular weight is 358 g/mol. The van der Waals surface area contributed by atoms with E-state index in [1.54, 1.807) is 4.90 Å². The van der Waals surface area contributed by atoms with E-state index in [4.69, 9.17) is 5.73 Å². The molecule has 1 aliphatic rings. The SMILES string of the molecule is CC(C)(C)N1CCN(C(=O)c2cc(N)c(F)cc2Br)CC1. The molecule has 4 nitrogen and oxygen atoms in total. The minimum atomic E-state index is -0.518. The van der Waals surface area contributed by atoms with Crippen LogP contribution in [0.3, 0.4) is 0 Å². The summed E-state index contributed by atoms with van der Waals surface area (Å²) < 4.78 is 13.8. The highest BCUT2D eigenvalue weighted by Gasteiger charge is 2.29. The van der Waals surface area contributed by atoms with Crippen molar-refractivity contribution in [1.29, 1.82) is 0 Å². The van der Waals surface area contributed by atoms with Crippen molar-refractivity contribution >= 4 is 27.5 Å². The summed E-state index contributed by atoms with van der Waals surface area (Å²) in [6, 6.07) is 2.64. The number of carbonyl (C=O) groups is 1. The van der Waals surface area contributed by atoms with Gasteiger partial charge < -0.3 is 10.6 Å². The van der Waals surface area contributed by atoms with E-state index in [-0.39, 0.29) is 17.1 Å². The van der Waals surface area contributed by atoms with E-state index in [1.807, 2.05) is 0 Å². The third-order valence-electron chi connectivity index (χ3n) is 3.83. The molecule has 6 heteroatoms. The summed E-state index contributed by atoms with van der Waals surface area (Å²) in [6.45, 7) is 9.51. The molecule has 0 aromatic heterocycles. The van der Waals surface area contributed by atoms with Crippen LogP contribution in [0.5, 0.6) is 0 Å². The van der Waals surface area contributed by atoms with Crippen molar-refractivity contribution in [2.45, 2.75) is 26.3 Å². The van der Waals surface area contributed by atoms with Gasteiger partial charge in [-0.15, -0.1) is 0 Å². The van der Waals surface area contributed by atoms with Crippen LogP contribution in [0.15, 0.2) is 16.6 Å². The number of nitrogens with zero attached hydrogens (tertiary/aromatic N) is 2. The van der Waals surface area contributed by atoms with Gasteiger partial charge in [0, 0.05) is 36.2 Å². The summed E-state index contributed by atoms with van der Waals surface area (Å²) >= 11 is 3.24. The molecule has 1 amide bonds. The second-order valence-electron chi connectivity index (χ2n) is 6.30. The van der Waals surface area contributed by atoms with Crippen molar-refractivity contribution in [2.75, 3.05) is 31.9 Å². The molecule has 1 aromatic rings. The highest BCUT2D eigenvalue weighted by molar-refractivity contribution is 9.10. The molecular formula is C15H21BrFN3O. The van der Waals surface area contributed by atoms with Gasteiger partial charge in [0.2, 0.25) is 0 Å². The zero-order valence-electron chi connectivity index (χ0n) is 12.6. The maximum atomic E-state index is 13.4. The number of halogens is 2. The van der Waals surface area contributed by atoms with E-state index in [0.29, 0.717) is 23.1 Å². The molecule has 1 aliphatic heterocycles. The van der Waals surface area contributed by atoms with Crippen molar-refractivity contribution in [1.82, 2.24) is 9.80 Å². The molecule has 1 saturated heterocycles. The molecule has 0 saturated carbocycles. The highest BCUT2D eigenvalue weighted by Crippen LogP contribution is 2.25. The predicted molar refractivity (Wildman–Crippen MR) is 85.7 cm³/mol. The second kappa shape index (κ2) is 5.93. The van der Waals surface area contributed by atoms with E-state index < -0.39 is 5.82 Å². The molecular weight excluding hydrogens is 337 g/mol. The van der Waals surface area contributed by atoms with Crippen LogP contribution in [0, 0.1) is 5.82 Å². The maximum absolute atomic E-state index is 13.4. The number of anilines is 1. The van der Waals surface area contributed by atoms with Crippen LogP contribution in [0.4, 0.5) is 10.1 Å². The Morgan fingerprint density at radius 2 is 1.81 bits per heavy atom. The van der Waals surface area contributed by atoms with Crippen molar-refractivity contribution in [2.24, 2.45) is 0 Å². The first-order valence-electron chi connectivity index (χ1n) is 6.99. The Labute approximate surface area is 133 Å². The lowest BCUT2D eigenvalue weighted by atomic mass is 10.0. The van der Waals surface area contributed by atoms with E-state index >= 15 is 0 Å². The summed E-state index contributed by atoms with van der Waals surface area (Å²) in [6.07, 6.45) is 0. The Morgan fingerprint density at radius 3 is 2.33 bits per heavy atom. The number of hydrogen-bond donors (Lipinski definition) is 1. The van der Waals surface area contributed by atoms with Gasteiger partial charge in [-0.1, -0.05) is 0 Å². The number of hydrogen-bond acceptors (Lipinski definition) is 3. The molecule has 0 unspecified atom stereocenters. The number of nitrogen functional groups attached to an aromatic ring is 1. The van der Waals surface area contributed by atoms with E-state index in [2.05, 4.69) is 41.6 Å². The van der Waals surface area contributed by atoms with E-state index in [0.717, 1.165) is 13.1 Å². The molecule has 1 heterocycles. The molecule has 1 aromatic carbocycles. The van der Waals surface area contributed by atoms with Gasteiger partial charge in [0.25, 0.3) is 5.91 Å². The van der Waals surface area contributed by atoms with Gasteiger partial charge >= 0.3 is 0 Å². The number of carbonyl (C=O) groups excluding carboxylic acids is 1. The minimum absolute atomic E-state index is 0.00474. The normalized spacial score (nSPS) is 17.1. The second-order valence-corrected chi connectivity index (χ2v) is 7.16. The van der Waals surface area contributed by atoms with Crippen molar-refractivity contribution in [3.63, 3.8) is 0 Å². The first kappa shape index (κ1) is 16.2. The van der Waals surface area contributed by atoms with Gasteiger partial charge in [-0.05, 0) is 48.8 Å². The van der Waals surface area contributed by atoms with Gasteiger partial charge in [-0.25, -0.2) is 4.39 Å². The number of rotatable bonds is 1. The first-order valence-corrected chi connectivity index (χ1v) is 7.78. The summed E-state index contributed by atoms with van der Waals surface area (Å²) in [5.41, 5.74) is 6.08. The fraction of sp³-hybridized carbons (Fsp3) is 0.533. The van der Waals surface area contributed by atoms with Crippen molar-refractivity contribution < 1.29 is 9.18 Å². The first-order chi connectivity index (χ1) is 9.70. The van der Waals surface area contributed by atoms with Crippen LogP contribution in [0.2, 0.25) is 0 Å². The van der Waals surface area contributed by atoms with Gasteiger partial charge in [-0.3, -0.25) is 9.69 Å². The Morgan fingerprint density at radius 1 is 1.24 bits per heavy atom. The van der Waals surface area contributed by atoms with Crippen LogP contribution in [0.1, 0.15) is 31.1 Å². The number of piperazine rings is 1. The third kappa shape index (κ3) is 3.55. The molecule has 2 rings (SSSR count). The predicted octanol–water partition coefficient (Wildman–Crippen LogP) is 2.73. The van der Waals surface area contributed by atoms with Crippen LogP contribution >= 0.6 is 15.9 Å². The largest absolute Gasteiger partial charge is 0.396 e. The molecule has 0 atom stereocenters. The van der Waals surface area contributed by atoms with Gasteiger partial charge in [0.05, 0.1) is 11.3 Å². The summed E-state index contributed by atoms with van der Waals surface area (Å²) in [4.78, 5) is 16.7. The third-order valence-corrected chi connectivity index (χ3v) is 4.49. The lowest BCUT2D eigenvalue weighted by Gasteiger charge is -2.42. The van der Waals surface area contributed by atoms with Crippen LogP contribution in [-0.4, -0.2) is 47.4 Å². The fourth-order valence-corrected chi connectivity index (χ4v) is 2.97. The van der Waals surface area contributed by atoms with Crippen LogP contribution in [0.25, 0.3) is 0 Å². The van der Waals surface area contributed by atoms with E-state index in [9.17, 15) is 9.18 Å². The van der Waals surface area contributed by atoms with Gasteiger partial charge in [0.15, 0.2) is 0 Å². The topological polar surface area (TPSA) is 49.6 Å². The molecule has 2 N–H and O–H groups in total. The monoisotopic (exact) mass is 357 g/mol. The molecule has 116 valence electrons. The average Bonchev–Trinajstić information content (AvgIpc) is 2.41. The summed E-state index contributed by atoms with van der Waals surface area (Å²) in [7, 11) is 0. The number of amides is 1. The molecule has 0 spiro atoms. The minimum Gasteiger partial charge on any atom is -0.396 e. The van der Waals surface area contributed by atoms with Crippen LogP contribution < -0.4 is 5.73 Å². The lowest BCUT2D eigenvalue weighted by molar-refractivity contribution is 0.0450. The zero-order chi connectivity index (χ0) is 15.8. The van der Waals surface area contributed by atoms with Crippen LogP contribution in [-0.2, 0) is 0 Å². The molecule has 1 fully saturated rings. The zero-order valence-corrected chi connectivity index (χ0v) is 14.2. The maximum Gasteiger partial charge on any atom is 0.255 e. The fourth-order valence-electron chi connectivity index (χ4n) is 2.48. The molecule has 0 aliphatic carbocycles. The molecule has 0 radical (unpaired) electrons. The Hall–Kier alpha value is -1.14. The van der Waals surface area contributed by atoms with Gasteiger partial charge in [-0.2, -0.15) is 0 Å². The Bertz CT molecular complexity index is 549. The summed E-state index contributed by atoms with van der Waals surface area (Å²) in [5.74, 6) is -0.627. The van der Waals surface area contributed by atoms with Crippen molar-refractivity contribution in [3.8, 4) is 0 Å². The smallest absolute Gasteiger partial charge is 0.255 e. The molecule has 0 bridgehead atoms. The summed E-state index contributed by atoms with van der Waals surface area (Å²) in [5, 5.41) is 0. The Balaban J connectivity index is 2.11. The van der Waals surface area contributed by atoms with E-state index in [1.165, 1.54) is 12.1 Å². The quantitative estimate of drug-likeness (QED) is 0.786. The highest BCUT2D eigenvalue weighted by atomic mass is 79.9. The Kier molecular flexibility index (Phi) is 4.58. The van der Waals surface area contributed by atoms with Gasteiger partial charge in [0.1, 0.15) is 5.82 Å². The molecule has 21 heavy (non-hydrogen) atoms. The standard InChI is InChI=1S/C15H21BrFN3O/c1-15(2,3)20-6-4-19(5-7-20)14(21)10-8-13(18)12(17)9-11(10)16/h8-9H,4-7,18H2,1-3H3. The van der Waals surface area contributed by atoms with Crippen molar-refractivity contribution in [3.05, 3.63) is 28.0 Å². The lowest BCUT2D eigenvalue weighted by Crippen LogP contribution is -2.54. The number of nitrogens with two attached hydrogens (primary N) is 1. The number of benzene rings is 1.